The first kappa shape index (κ1) is 23.0. The van der Waals surface area contributed by atoms with Gasteiger partial charge in [-0.3, -0.25) is 9.78 Å². The molecule has 3 aromatic rings. The number of nitrogens with one attached hydrogen (secondary N) is 2. The Hall–Kier alpha value is -3.21. The number of benzene rings is 1. The van der Waals surface area contributed by atoms with Crippen LogP contribution in [0.2, 0.25) is 0 Å². The van der Waals surface area contributed by atoms with Gasteiger partial charge in [0.05, 0.1) is 18.2 Å². The van der Waals surface area contributed by atoms with Gasteiger partial charge in [0.25, 0.3) is 11.8 Å². The molecule has 0 spiro atoms. The Kier molecular flexibility index (Phi) is 6.00. The van der Waals surface area contributed by atoms with Crippen molar-refractivity contribution in [3.63, 3.8) is 0 Å². The topological polar surface area (TPSA) is 76.4 Å². The second-order valence-corrected chi connectivity index (χ2v) is 7.74. The van der Waals surface area contributed by atoms with Crippen LogP contribution < -0.4 is 15.4 Å². The van der Waals surface area contributed by atoms with Crippen molar-refractivity contribution in [3.8, 4) is 5.75 Å². The van der Waals surface area contributed by atoms with Crippen molar-refractivity contribution in [1.82, 2.24) is 15.6 Å². The van der Waals surface area contributed by atoms with Gasteiger partial charge in [0.2, 0.25) is 0 Å². The van der Waals surface area contributed by atoms with Crippen LogP contribution in [-0.2, 0) is 12.8 Å². The summed E-state index contributed by atoms with van der Waals surface area (Å²) in [5.74, 6) is -3.41. The standard InChI is InChI=1S/C22H20F5N3O3/c1-12-18(20(31)30-17-6-8-28-11-21(17,23)24)15-9-14(4-5-16(15)33-12)32-10-13-3-2-7-29-19(13)22(25,26)27/h2-5,7,9,17,28H,6,8,10-11H2,1H3,(H,30,31). The summed E-state index contributed by atoms with van der Waals surface area (Å²) in [6.45, 7) is 0.933. The van der Waals surface area contributed by atoms with Crippen molar-refractivity contribution in [3.05, 3.63) is 59.1 Å². The Morgan fingerprint density at radius 3 is 2.85 bits per heavy atom. The van der Waals surface area contributed by atoms with Gasteiger partial charge in [-0.1, -0.05) is 6.07 Å². The quantitative estimate of drug-likeness (QED) is 0.540. The largest absolute Gasteiger partial charge is 0.489 e. The van der Waals surface area contributed by atoms with Crippen molar-refractivity contribution in [2.24, 2.45) is 0 Å². The summed E-state index contributed by atoms with van der Waals surface area (Å²) in [5.41, 5.74) is -0.811. The zero-order valence-electron chi connectivity index (χ0n) is 17.4. The lowest BCUT2D eigenvalue weighted by atomic mass is 10.0. The lowest BCUT2D eigenvalue weighted by molar-refractivity contribution is -0.142. The van der Waals surface area contributed by atoms with E-state index in [1.807, 2.05) is 0 Å². The van der Waals surface area contributed by atoms with E-state index in [9.17, 15) is 26.7 Å². The smallest absolute Gasteiger partial charge is 0.433 e. The zero-order valence-corrected chi connectivity index (χ0v) is 17.4. The summed E-state index contributed by atoms with van der Waals surface area (Å²) in [4.78, 5) is 16.2. The van der Waals surface area contributed by atoms with E-state index in [1.165, 1.54) is 37.3 Å². The lowest BCUT2D eigenvalue weighted by Gasteiger charge is -2.32. The maximum Gasteiger partial charge on any atom is 0.433 e. The van der Waals surface area contributed by atoms with Crippen LogP contribution in [0.25, 0.3) is 11.0 Å². The molecule has 2 aromatic heterocycles. The highest BCUT2D eigenvalue weighted by molar-refractivity contribution is 6.07. The lowest BCUT2D eigenvalue weighted by Crippen LogP contribution is -2.57. The van der Waals surface area contributed by atoms with Gasteiger partial charge in [0, 0.05) is 17.1 Å². The Balaban J connectivity index is 1.57. The fourth-order valence-electron chi connectivity index (χ4n) is 3.79. The molecule has 1 atom stereocenters. The average Bonchev–Trinajstić information content (AvgIpc) is 3.08. The van der Waals surface area contributed by atoms with Crippen LogP contribution in [0.5, 0.6) is 5.75 Å². The van der Waals surface area contributed by atoms with Gasteiger partial charge >= 0.3 is 6.18 Å². The van der Waals surface area contributed by atoms with E-state index < -0.39 is 42.9 Å². The number of alkyl halides is 5. The van der Waals surface area contributed by atoms with Gasteiger partial charge in [-0.25, -0.2) is 8.78 Å². The molecular weight excluding hydrogens is 449 g/mol. The van der Waals surface area contributed by atoms with Crippen LogP contribution in [0.15, 0.2) is 40.9 Å². The van der Waals surface area contributed by atoms with Crippen molar-refractivity contribution < 1.29 is 35.9 Å². The number of carbonyl (C=O) groups is 1. The molecular formula is C22H20F5N3O3. The van der Waals surface area contributed by atoms with Crippen LogP contribution in [-0.4, -0.2) is 35.9 Å². The molecule has 0 bridgehead atoms. The summed E-state index contributed by atoms with van der Waals surface area (Å²) in [6, 6.07) is 5.72. The van der Waals surface area contributed by atoms with Crippen molar-refractivity contribution in [2.75, 3.05) is 13.1 Å². The Labute approximate surface area is 185 Å². The molecule has 0 saturated carbocycles. The van der Waals surface area contributed by atoms with Crippen LogP contribution in [0.3, 0.4) is 0 Å². The number of carbonyl (C=O) groups excluding carboxylic acids is 1. The molecule has 0 radical (unpaired) electrons. The summed E-state index contributed by atoms with van der Waals surface area (Å²) < 4.78 is 78.8. The molecule has 1 unspecified atom stereocenters. The normalized spacial score (nSPS) is 18.3. The second kappa shape index (κ2) is 8.62. The zero-order chi connectivity index (χ0) is 23.8. The minimum absolute atomic E-state index is 0.0641. The first-order valence-corrected chi connectivity index (χ1v) is 10.1. The van der Waals surface area contributed by atoms with Crippen molar-refractivity contribution in [1.29, 1.82) is 0 Å². The molecule has 176 valence electrons. The number of hydrogen-bond acceptors (Lipinski definition) is 5. The number of aromatic nitrogens is 1. The van der Waals surface area contributed by atoms with E-state index in [4.69, 9.17) is 9.15 Å². The monoisotopic (exact) mass is 469 g/mol. The predicted octanol–water partition coefficient (Wildman–Crippen LogP) is 4.46. The first-order valence-electron chi connectivity index (χ1n) is 10.1. The fraction of sp³-hybridized carbons (Fsp3) is 0.364. The van der Waals surface area contributed by atoms with Gasteiger partial charge in [-0.15, -0.1) is 0 Å². The molecule has 1 saturated heterocycles. The minimum Gasteiger partial charge on any atom is -0.489 e. The molecule has 1 aliphatic rings. The number of aryl methyl sites for hydroxylation is 1. The summed E-state index contributed by atoms with van der Waals surface area (Å²) in [6.07, 6.45) is -3.52. The van der Waals surface area contributed by atoms with E-state index in [2.05, 4.69) is 15.6 Å². The minimum atomic E-state index is -4.63. The highest BCUT2D eigenvalue weighted by Crippen LogP contribution is 2.33. The maximum absolute atomic E-state index is 14.1. The van der Waals surface area contributed by atoms with Crippen LogP contribution in [0, 0.1) is 6.92 Å². The molecule has 4 rings (SSSR count). The third kappa shape index (κ3) is 4.77. The molecule has 2 N–H and O–H groups in total. The molecule has 1 amide bonds. The number of amides is 1. The second-order valence-electron chi connectivity index (χ2n) is 7.74. The fourth-order valence-corrected chi connectivity index (χ4v) is 3.79. The molecule has 0 aliphatic carbocycles. The van der Waals surface area contributed by atoms with E-state index in [-0.39, 0.29) is 29.1 Å². The number of nitrogens with zero attached hydrogens (tertiary/aromatic N) is 1. The van der Waals surface area contributed by atoms with Gasteiger partial charge < -0.3 is 19.8 Å². The Morgan fingerprint density at radius 1 is 1.33 bits per heavy atom. The number of hydrogen-bond donors (Lipinski definition) is 2. The molecule has 1 aliphatic heterocycles. The van der Waals surface area contributed by atoms with E-state index in [1.54, 1.807) is 0 Å². The number of ether oxygens (including phenoxy) is 1. The van der Waals surface area contributed by atoms with E-state index in [0.717, 1.165) is 6.20 Å². The summed E-state index contributed by atoms with van der Waals surface area (Å²) >= 11 is 0. The number of fused-ring (bicyclic) bond motifs is 1. The third-order valence-corrected chi connectivity index (χ3v) is 5.40. The molecule has 33 heavy (non-hydrogen) atoms. The Morgan fingerprint density at radius 2 is 2.12 bits per heavy atom. The first-order chi connectivity index (χ1) is 15.6. The highest BCUT2D eigenvalue weighted by atomic mass is 19.4. The highest BCUT2D eigenvalue weighted by Gasteiger charge is 2.43. The van der Waals surface area contributed by atoms with Gasteiger partial charge in [0.15, 0.2) is 5.69 Å². The molecule has 3 heterocycles. The van der Waals surface area contributed by atoms with E-state index >= 15 is 0 Å². The number of piperidine rings is 1. The van der Waals surface area contributed by atoms with E-state index in [0.29, 0.717) is 17.5 Å². The number of rotatable bonds is 5. The summed E-state index contributed by atoms with van der Waals surface area (Å²) in [5, 5.41) is 5.28. The third-order valence-electron chi connectivity index (χ3n) is 5.40. The average molecular weight is 469 g/mol. The van der Waals surface area contributed by atoms with Gasteiger partial charge in [-0.05, 0) is 44.2 Å². The molecule has 1 fully saturated rings. The van der Waals surface area contributed by atoms with Crippen LogP contribution in [0.4, 0.5) is 22.0 Å². The van der Waals surface area contributed by atoms with Gasteiger partial charge in [-0.2, -0.15) is 13.2 Å². The maximum atomic E-state index is 14.1. The van der Waals surface area contributed by atoms with Crippen molar-refractivity contribution in [2.45, 2.75) is 38.1 Å². The SMILES string of the molecule is Cc1oc2ccc(OCc3cccnc3C(F)(F)F)cc2c1C(=O)NC1CCNCC1(F)F. The van der Waals surface area contributed by atoms with Crippen molar-refractivity contribution >= 4 is 16.9 Å². The van der Waals surface area contributed by atoms with Gasteiger partial charge in [0.1, 0.15) is 23.7 Å². The number of halogens is 5. The summed E-state index contributed by atoms with van der Waals surface area (Å²) in [7, 11) is 0. The predicted molar refractivity (Wildman–Crippen MR) is 108 cm³/mol. The molecule has 6 nitrogen and oxygen atoms in total. The van der Waals surface area contributed by atoms with Crippen LogP contribution in [0.1, 0.15) is 33.8 Å². The number of pyridine rings is 1. The van der Waals surface area contributed by atoms with Crippen LogP contribution >= 0.6 is 0 Å². The molecule has 1 aromatic carbocycles. The Bertz CT molecular complexity index is 1180. The molecule has 11 heteroatoms. The number of furan rings is 1.